The molecule has 0 saturated carbocycles. The molecule has 0 bridgehead atoms. The van der Waals surface area contributed by atoms with Crippen LogP contribution in [0.25, 0.3) is 11.1 Å². The zero-order chi connectivity index (χ0) is 14.1. The zero-order valence-electron chi connectivity index (χ0n) is 11.5. The Morgan fingerprint density at radius 3 is 2.80 bits per heavy atom. The Bertz CT molecular complexity index is 639. The van der Waals surface area contributed by atoms with Crippen LogP contribution in [0.5, 0.6) is 5.75 Å². The van der Waals surface area contributed by atoms with E-state index in [1.54, 1.807) is 0 Å². The molecule has 2 nitrogen and oxygen atoms in total. The third-order valence-corrected chi connectivity index (χ3v) is 4.02. The lowest BCUT2D eigenvalue weighted by atomic mass is 9.97. The van der Waals surface area contributed by atoms with E-state index in [1.165, 1.54) is 11.1 Å². The van der Waals surface area contributed by atoms with Crippen LogP contribution in [0.1, 0.15) is 17.5 Å². The molecule has 20 heavy (non-hydrogen) atoms. The molecule has 0 amide bonds. The maximum Gasteiger partial charge on any atom is 0.130 e. The molecule has 1 heterocycles. The topological polar surface area (TPSA) is 35.2 Å². The van der Waals surface area contributed by atoms with Gasteiger partial charge in [0, 0.05) is 22.6 Å². The van der Waals surface area contributed by atoms with Crippen molar-refractivity contribution in [3.05, 3.63) is 52.5 Å². The summed E-state index contributed by atoms with van der Waals surface area (Å²) in [5, 5.41) is 0.756. The fraction of sp³-hybridized carbons (Fsp3) is 0.294. The summed E-state index contributed by atoms with van der Waals surface area (Å²) in [6, 6.07) is 12.2. The van der Waals surface area contributed by atoms with Crippen LogP contribution in [0.2, 0.25) is 5.02 Å². The van der Waals surface area contributed by atoms with Crippen LogP contribution < -0.4 is 10.5 Å². The Labute approximate surface area is 124 Å². The molecule has 0 radical (unpaired) electrons. The van der Waals surface area contributed by atoms with E-state index in [1.807, 2.05) is 24.3 Å². The summed E-state index contributed by atoms with van der Waals surface area (Å²) in [6.45, 7) is 2.76. The Kier molecular flexibility index (Phi) is 3.68. The van der Waals surface area contributed by atoms with Crippen LogP contribution in [0.15, 0.2) is 36.4 Å². The first-order valence-electron chi connectivity index (χ1n) is 6.94. The monoisotopic (exact) mass is 287 g/mol. The minimum absolute atomic E-state index is 0.193. The first-order chi connectivity index (χ1) is 9.69. The second-order valence-electron chi connectivity index (χ2n) is 5.30. The second kappa shape index (κ2) is 5.47. The van der Waals surface area contributed by atoms with E-state index in [2.05, 4.69) is 19.1 Å². The maximum absolute atomic E-state index is 6.33. The van der Waals surface area contributed by atoms with E-state index in [-0.39, 0.29) is 6.10 Å². The van der Waals surface area contributed by atoms with E-state index in [9.17, 15) is 0 Å². The van der Waals surface area contributed by atoms with Crippen LogP contribution in [0.4, 0.5) is 0 Å². The second-order valence-corrected chi connectivity index (χ2v) is 5.71. The summed E-state index contributed by atoms with van der Waals surface area (Å²) in [5.74, 6) is 0.974. The van der Waals surface area contributed by atoms with Crippen molar-refractivity contribution in [1.82, 2.24) is 0 Å². The zero-order valence-corrected chi connectivity index (χ0v) is 12.3. The number of rotatable bonds is 3. The molecule has 1 aliphatic heterocycles. The van der Waals surface area contributed by atoms with E-state index in [0.717, 1.165) is 34.7 Å². The molecule has 3 heteroatoms. The van der Waals surface area contributed by atoms with Crippen molar-refractivity contribution in [3.63, 3.8) is 0 Å². The highest BCUT2D eigenvalue weighted by Gasteiger charge is 2.26. The van der Waals surface area contributed by atoms with E-state index in [0.29, 0.717) is 6.54 Å². The van der Waals surface area contributed by atoms with E-state index >= 15 is 0 Å². The van der Waals surface area contributed by atoms with Gasteiger partial charge in [0.15, 0.2) is 0 Å². The van der Waals surface area contributed by atoms with Gasteiger partial charge in [-0.25, -0.2) is 0 Å². The minimum Gasteiger partial charge on any atom is -0.489 e. The number of aryl methyl sites for hydroxylation is 1. The van der Waals surface area contributed by atoms with E-state index < -0.39 is 0 Å². The molecular formula is C17H18ClNO. The normalized spacial score (nSPS) is 16.9. The number of benzene rings is 2. The quantitative estimate of drug-likeness (QED) is 0.927. The van der Waals surface area contributed by atoms with Crippen molar-refractivity contribution >= 4 is 11.6 Å². The lowest BCUT2D eigenvalue weighted by Gasteiger charge is -2.13. The van der Waals surface area contributed by atoms with Gasteiger partial charge in [-0.05, 0) is 43.1 Å². The summed E-state index contributed by atoms with van der Waals surface area (Å²) in [5.41, 5.74) is 10.3. The molecule has 1 unspecified atom stereocenters. The highest BCUT2D eigenvalue weighted by Crippen LogP contribution is 2.42. The Morgan fingerprint density at radius 1 is 1.25 bits per heavy atom. The fourth-order valence-electron chi connectivity index (χ4n) is 2.82. The van der Waals surface area contributed by atoms with Gasteiger partial charge in [-0.2, -0.15) is 0 Å². The van der Waals surface area contributed by atoms with Gasteiger partial charge >= 0.3 is 0 Å². The van der Waals surface area contributed by atoms with Gasteiger partial charge in [-0.1, -0.05) is 35.9 Å². The van der Waals surface area contributed by atoms with Gasteiger partial charge in [0.1, 0.15) is 11.9 Å². The third kappa shape index (κ3) is 2.41. The van der Waals surface area contributed by atoms with Crippen LogP contribution in [0, 0.1) is 6.92 Å². The molecule has 2 aromatic rings. The summed E-state index contributed by atoms with van der Waals surface area (Å²) < 4.78 is 6.10. The largest absolute Gasteiger partial charge is 0.489 e. The minimum atomic E-state index is 0.193. The van der Waals surface area contributed by atoms with Crippen molar-refractivity contribution in [3.8, 4) is 16.9 Å². The summed E-state index contributed by atoms with van der Waals surface area (Å²) in [4.78, 5) is 0. The van der Waals surface area contributed by atoms with Gasteiger partial charge in [0.05, 0.1) is 0 Å². The number of fused-ring (bicyclic) bond motifs is 1. The van der Waals surface area contributed by atoms with Crippen LogP contribution in [-0.4, -0.2) is 12.6 Å². The molecule has 2 N–H and O–H groups in total. The average Bonchev–Trinajstić information content (AvgIpc) is 2.81. The first kappa shape index (κ1) is 13.5. The molecule has 3 rings (SSSR count). The van der Waals surface area contributed by atoms with E-state index in [4.69, 9.17) is 22.1 Å². The van der Waals surface area contributed by atoms with Crippen molar-refractivity contribution < 1.29 is 4.74 Å². The number of ether oxygens (including phenoxy) is 1. The summed E-state index contributed by atoms with van der Waals surface area (Å²) in [6.07, 6.45) is 2.01. The van der Waals surface area contributed by atoms with Gasteiger partial charge in [0.2, 0.25) is 0 Å². The third-order valence-electron chi connectivity index (χ3n) is 3.69. The molecule has 0 aliphatic carbocycles. The molecule has 2 aromatic carbocycles. The molecule has 104 valence electrons. The lowest BCUT2D eigenvalue weighted by molar-refractivity contribution is 0.225. The Balaban J connectivity index is 2.08. The maximum atomic E-state index is 6.33. The molecule has 1 aliphatic rings. The molecule has 1 atom stereocenters. The average molecular weight is 288 g/mol. The molecule has 0 aromatic heterocycles. The fourth-order valence-corrected chi connectivity index (χ4v) is 3.06. The highest BCUT2D eigenvalue weighted by atomic mass is 35.5. The Hall–Kier alpha value is -1.51. The molecule has 0 spiro atoms. The number of nitrogens with two attached hydrogens (primary N) is 1. The molecule has 0 saturated heterocycles. The summed E-state index contributed by atoms with van der Waals surface area (Å²) in [7, 11) is 0. The predicted molar refractivity (Wildman–Crippen MR) is 83.4 cm³/mol. The van der Waals surface area contributed by atoms with Crippen molar-refractivity contribution in [2.24, 2.45) is 5.73 Å². The van der Waals surface area contributed by atoms with Crippen molar-refractivity contribution in [1.29, 1.82) is 0 Å². The molecule has 0 fully saturated rings. The highest BCUT2D eigenvalue weighted by molar-refractivity contribution is 6.33. The van der Waals surface area contributed by atoms with Crippen LogP contribution in [0.3, 0.4) is 0 Å². The Morgan fingerprint density at radius 2 is 2.05 bits per heavy atom. The van der Waals surface area contributed by atoms with Crippen LogP contribution in [-0.2, 0) is 6.42 Å². The molecular weight excluding hydrogens is 270 g/mol. The SMILES string of the molecule is Cc1cc2c(c(-c3ccccc3Cl)c1)OC(CCN)C2. The number of hydrogen-bond acceptors (Lipinski definition) is 2. The number of hydrogen-bond donors (Lipinski definition) is 1. The van der Waals surface area contributed by atoms with Crippen molar-refractivity contribution in [2.45, 2.75) is 25.9 Å². The number of halogens is 1. The van der Waals surface area contributed by atoms with Gasteiger partial charge in [-0.15, -0.1) is 0 Å². The standard InChI is InChI=1S/C17H18ClNO/c1-11-8-12-10-13(6-7-19)20-17(12)15(9-11)14-4-2-3-5-16(14)18/h2-5,8-9,13H,6-7,10,19H2,1H3. The lowest BCUT2D eigenvalue weighted by Crippen LogP contribution is -2.17. The van der Waals surface area contributed by atoms with Gasteiger partial charge in [-0.3, -0.25) is 0 Å². The predicted octanol–water partition coefficient (Wildman–Crippen LogP) is 3.97. The smallest absolute Gasteiger partial charge is 0.130 e. The van der Waals surface area contributed by atoms with Crippen molar-refractivity contribution in [2.75, 3.05) is 6.54 Å². The first-order valence-corrected chi connectivity index (χ1v) is 7.32. The van der Waals surface area contributed by atoms with Crippen LogP contribution >= 0.6 is 11.6 Å². The summed E-state index contributed by atoms with van der Waals surface area (Å²) >= 11 is 6.33. The van der Waals surface area contributed by atoms with Gasteiger partial charge < -0.3 is 10.5 Å². The van der Waals surface area contributed by atoms with Gasteiger partial charge in [0.25, 0.3) is 0 Å².